The molecule has 9 aromatic rings. The van der Waals surface area contributed by atoms with Crippen LogP contribution in [0.25, 0.3) is 44.2 Å². The Hall–Kier alpha value is -7.16. The van der Waals surface area contributed by atoms with Crippen molar-refractivity contribution < 1.29 is 0 Å². The lowest BCUT2D eigenvalue weighted by atomic mass is 9.82. The van der Waals surface area contributed by atoms with Crippen molar-refractivity contribution in [1.29, 1.82) is 0 Å². The van der Waals surface area contributed by atoms with Crippen LogP contribution in [0.4, 0.5) is 34.1 Å². The minimum atomic E-state index is -0.123. The number of fused-ring (bicyclic) bond motifs is 7. The molecule has 322 valence electrons. The zero-order chi connectivity index (χ0) is 44.6. The highest BCUT2D eigenvalue weighted by atomic mass is 15.2. The highest BCUT2D eigenvalue weighted by molar-refractivity contribution is 5.99. The SMILES string of the molecule is CC1(C)c2ccccc2-c2ccc(N(c3ccc(N(c4ccc(C5CCCCC5)cc4)c4cc5ccccc5cc4-c4ccccc4)cc3)c3ccc4c(c3)C(C)(C)c3ccccc3-4)cc21. The molecule has 2 nitrogen and oxygen atoms in total. The van der Waals surface area contributed by atoms with Crippen LogP contribution in [0.2, 0.25) is 0 Å². The van der Waals surface area contributed by atoms with Gasteiger partial charge in [0.2, 0.25) is 0 Å². The van der Waals surface area contributed by atoms with Gasteiger partial charge in [-0.25, -0.2) is 0 Å². The molecule has 0 N–H and O–H groups in total. The Morgan fingerprint density at radius 2 is 0.788 bits per heavy atom. The molecular weight excluding hydrogens is 797 g/mol. The van der Waals surface area contributed by atoms with Crippen molar-refractivity contribution in [3.8, 4) is 33.4 Å². The van der Waals surface area contributed by atoms with Crippen LogP contribution in [0.15, 0.2) is 200 Å². The summed E-state index contributed by atoms with van der Waals surface area (Å²) in [5.74, 6) is 0.644. The van der Waals surface area contributed by atoms with Crippen LogP contribution in [0.1, 0.15) is 93.5 Å². The minimum absolute atomic E-state index is 0.123. The molecule has 66 heavy (non-hydrogen) atoms. The van der Waals surface area contributed by atoms with Crippen molar-refractivity contribution in [3.63, 3.8) is 0 Å². The summed E-state index contributed by atoms with van der Waals surface area (Å²) in [4.78, 5) is 4.97. The molecule has 3 aliphatic rings. The third kappa shape index (κ3) is 6.60. The Balaban J connectivity index is 1.02. The molecule has 0 aromatic heterocycles. The van der Waals surface area contributed by atoms with Gasteiger partial charge >= 0.3 is 0 Å². The summed E-state index contributed by atoms with van der Waals surface area (Å²) in [5.41, 5.74) is 21.4. The topological polar surface area (TPSA) is 6.48 Å². The van der Waals surface area contributed by atoms with E-state index in [9.17, 15) is 0 Å². The standard InChI is InChI=1S/C64H56N2/c1-63(2)58-25-15-13-23-53(58)55-37-35-51(41-60(55)63)65(52-36-38-56-54-24-14-16-26-59(54)64(3,4)61(56)42-52)48-31-33-50(34-32-48)66(49-29-27-44(28-30-49)43-17-7-5-8-18-43)62-40-47-22-12-11-21-46(47)39-57(62)45-19-9-6-10-20-45/h6,9-16,19-43H,5,7-8,17-18H2,1-4H3. The van der Waals surface area contributed by atoms with E-state index in [-0.39, 0.29) is 10.8 Å². The predicted octanol–water partition coefficient (Wildman–Crippen LogP) is 18.1. The normalized spacial score (nSPS) is 15.5. The van der Waals surface area contributed by atoms with Crippen LogP contribution >= 0.6 is 0 Å². The van der Waals surface area contributed by atoms with E-state index in [0.717, 1.165) is 34.1 Å². The largest absolute Gasteiger partial charge is 0.310 e. The van der Waals surface area contributed by atoms with E-state index in [1.807, 2.05) is 0 Å². The fraction of sp³-hybridized carbons (Fsp3) is 0.188. The molecule has 0 unspecified atom stereocenters. The molecule has 0 bridgehead atoms. The Labute approximate surface area is 390 Å². The molecule has 0 spiro atoms. The van der Waals surface area contributed by atoms with Gasteiger partial charge in [0.1, 0.15) is 0 Å². The van der Waals surface area contributed by atoms with E-state index in [1.54, 1.807) is 0 Å². The van der Waals surface area contributed by atoms with E-state index in [0.29, 0.717) is 5.92 Å². The van der Waals surface area contributed by atoms with Gasteiger partial charge in [0.05, 0.1) is 5.69 Å². The fourth-order valence-electron chi connectivity index (χ4n) is 11.9. The van der Waals surface area contributed by atoms with E-state index in [4.69, 9.17) is 0 Å². The zero-order valence-corrected chi connectivity index (χ0v) is 38.6. The zero-order valence-electron chi connectivity index (χ0n) is 38.6. The number of nitrogens with zero attached hydrogens (tertiary/aromatic N) is 2. The lowest BCUT2D eigenvalue weighted by Crippen LogP contribution is -2.18. The van der Waals surface area contributed by atoms with Crippen molar-refractivity contribution in [2.24, 2.45) is 0 Å². The Morgan fingerprint density at radius 1 is 0.348 bits per heavy atom. The third-order valence-corrected chi connectivity index (χ3v) is 15.4. The van der Waals surface area contributed by atoms with E-state index < -0.39 is 0 Å². The van der Waals surface area contributed by atoms with Crippen molar-refractivity contribution in [3.05, 3.63) is 228 Å². The smallest absolute Gasteiger partial charge is 0.0546 e. The van der Waals surface area contributed by atoms with Gasteiger partial charge in [-0.15, -0.1) is 0 Å². The second-order valence-electron chi connectivity index (χ2n) is 20.0. The molecule has 3 aliphatic carbocycles. The maximum absolute atomic E-state index is 2.48. The molecule has 9 aromatic carbocycles. The van der Waals surface area contributed by atoms with Gasteiger partial charge in [-0.05, 0) is 158 Å². The average molecular weight is 853 g/mol. The molecule has 0 aliphatic heterocycles. The van der Waals surface area contributed by atoms with E-state index >= 15 is 0 Å². The second-order valence-corrected chi connectivity index (χ2v) is 20.0. The third-order valence-electron chi connectivity index (χ3n) is 15.4. The number of hydrogen-bond donors (Lipinski definition) is 0. The second kappa shape index (κ2) is 15.8. The Bertz CT molecular complexity index is 3170. The number of rotatable bonds is 8. The number of hydrogen-bond acceptors (Lipinski definition) is 2. The molecule has 0 atom stereocenters. The summed E-state index contributed by atoms with van der Waals surface area (Å²) < 4.78 is 0. The molecular formula is C64H56N2. The minimum Gasteiger partial charge on any atom is -0.310 e. The highest BCUT2D eigenvalue weighted by Gasteiger charge is 2.38. The summed E-state index contributed by atoms with van der Waals surface area (Å²) in [6.45, 7) is 9.51. The maximum Gasteiger partial charge on any atom is 0.0546 e. The quantitative estimate of drug-likeness (QED) is 0.150. The van der Waals surface area contributed by atoms with Crippen molar-refractivity contribution in [2.75, 3.05) is 9.80 Å². The van der Waals surface area contributed by atoms with Crippen molar-refractivity contribution >= 4 is 44.9 Å². The van der Waals surface area contributed by atoms with Crippen molar-refractivity contribution in [2.45, 2.75) is 76.5 Å². The van der Waals surface area contributed by atoms with Crippen LogP contribution in [0.5, 0.6) is 0 Å². The first-order valence-corrected chi connectivity index (χ1v) is 24.1. The highest BCUT2D eigenvalue weighted by Crippen LogP contribution is 2.53. The van der Waals surface area contributed by atoms with Crippen LogP contribution in [-0.2, 0) is 10.8 Å². The lowest BCUT2D eigenvalue weighted by molar-refractivity contribution is 0.443. The summed E-state index contributed by atoms with van der Waals surface area (Å²) in [5, 5.41) is 2.46. The van der Waals surface area contributed by atoms with Gasteiger partial charge in [-0.2, -0.15) is 0 Å². The van der Waals surface area contributed by atoms with E-state index in [2.05, 4.69) is 238 Å². The van der Waals surface area contributed by atoms with Gasteiger partial charge in [-0.3, -0.25) is 0 Å². The van der Waals surface area contributed by atoms with Crippen LogP contribution in [0, 0.1) is 0 Å². The molecule has 2 heteroatoms. The molecule has 0 amide bonds. The fourth-order valence-corrected chi connectivity index (χ4v) is 11.9. The molecule has 1 saturated carbocycles. The first-order valence-electron chi connectivity index (χ1n) is 24.1. The summed E-state index contributed by atoms with van der Waals surface area (Å²) in [6.07, 6.45) is 6.58. The lowest BCUT2D eigenvalue weighted by Gasteiger charge is -2.31. The monoisotopic (exact) mass is 852 g/mol. The Kier molecular flexibility index (Phi) is 9.65. The van der Waals surface area contributed by atoms with Crippen LogP contribution < -0.4 is 9.80 Å². The summed E-state index contributed by atoms with van der Waals surface area (Å²) in [7, 11) is 0. The van der Waals surface area contributed by atoms with Crippen molar-refractivity contribution in [1.82, 2.24) is 0 Å². The van der Waals surface area contributed by atoms with Gasteiger partial charge in [0.25, 0.3) is 0 Å². The Morgan fingerprint density at radius 3 is 1.35 bits per heavy atom. The van der Waals surface area contributed by atoms with Gasteiger partial charge in [0.15, 0.2) is 0 Å². The van der Waals surface area contributed by atoms with Crippen LogP contribution in [0.3, 0.4) is 0 Å². The molecule has 0 saturated heterocycles. The first kappa shape index (κ1) is 40.4. The number of benzene rings is 9. The maximum atomic E-state index is 2.48. The summed E-state index contributed by atoms with van der Waals surface area (Å²) >= 11 is 0. The molecule has 12 rings (SSSR count). The molecule has 0 radical (unpaired) electrons. The number of anilines is 6. The van der Waals surface area contributed by atoms with E-state index in [1.165, 1.54) is 104 Å². The molecule has 0 heterocycles. The predicted molar refractivity (Wildman–Crippen MR) is 280 cm³/mol. The average Bonchev–Trinajstić information content (AvgIpc) is 3.74. The first-order chi connectivity index (χ1) is 32.2. The van der Waals surface area contributed by atoms with Gasteiger partial charge in [0, 0.05) is 44.8 Å². The summed E-state index contributed by atoms with van der Waals surface area (Å²) in [6, 6.07) is 75.5. The van der Waals surface area contributed by atoms with Gasteiger partial charge < -0.3 is 9.80 Å². The van der Waals surface area contributed by atoms with Gasteiger partial charge in [-0.1, -0.05) is 174 Å². The molecule has 1 fully saturated rings. The van der Waals surface area contributed by atoms with Crippen LogP contribution in [-0.4, -0.2) is 0 Å².